The summed E-state index contributed by atoms with van der Waals surface area (Å²) in [5, 5.41) is 6.70. The highest BCUT2D eigenvalue weighted by molar-refractivity contribution is 5.67. The molecule has 0 bridgehead atoms. The van der Waals surface area contributed by atoms with Gasteiger partial charge in [0.1, 0.15) is 23.9 Å². The van der Waals surface area contributed by atoms with Crippen molar-refractivity contribution in [2.75, 3.05) is 32.6 Å². The second-order valence-electron chi connectivity index (χ2n) is 9.49. The monoisotopic (exact) mass is 526 g/mol. The normalized spacial score (nSPS) is 15.0. The van der Waals surface area contributed by atoms with Crippen LogP contribution in [0.25, 0.3) is 11.3 Å². The highest BCUT2D eigenvalue weighted by atomic mass is 16.5. The van der Waals surface area contributed by atoms with Gasteiger partial charge in [-0.3, -0.25) is 4.79 Å². The van der Waals surface area contributed by atoms with Crippen LogP contribution < -0.4 is 30.4 Å². The zero-order valence-corrected chi connectivity index (χ0v) is 22.4. The Hall–Kier alpha value is -4.30. The molecule has 0 amide bonds. The van der Waals surface area contributed by atoms with Crippen molar-refractivity contribution in [3.8, 4) is 28.5 Å². The quantitative estimate of drug-likeness (QED) is 0.299. The molecule has 5 rings (SSSR count). The molecule has 0 saturated carbocycles. The SMILES string of the molecule is COc1ccc(CNc2nc(-c3ccccc3OCc3ccccc3)cn(C3CCCNC3)c2=O)c(OC)c1. The lowest BCUT2D eigenvalue weighted by Gasteiger charge is -2.26. The summed E-state index contributed by atoms with van der Waals surface area (Å²) in [6, 6.07) is 23.5. The topological polar surface area (TPSA) is 86.6 Å². The molecular weight excluding hydrogens is 492 g/mol. The second-order valence-corrected chi connectivity index (χ2v) is 9.49. The summed E-state index contributed by atoms with van der Waals surface area (Å²) < 4.78 is 18.9. The molecule has 1 saturated heterocycles. The number of para-hydroxylation sites is 1. The molecule has 1 aliphatic heterocycles. The van der Waals surface area contributed by atoms with E-state index in [-0.39, 0.29) is 17.4 Å². The molecule has 0 spiro atoms. The summed E-state index contributed by atoms with van der Waals surface area (Å²) in [5.74, 6) is 2.38. The molecule has 202 valence electrons. The van der Waals surface area contributed by atoms with Crippen LogP contribution in [0.5, 0.6) is 17.2 Å². The minimum absolute atomic E-state index is 0.0430. The van der Waals surface area contributed by atoms with E-state index in [4.69, 9.17) is 19.2 Å². The Morgan fingerprint density at radius 2 is 1.82 bits per heavy atom. The molecule has 3 aromatic carbocycles. The molecule has 8 heteroatoms. The largest absolute Gasteiger partial charge is 0.497 e. The first-order valence-corrected chi connectivity index (χ1v) is 13.2. The molecule has 0 aliphatic carbocycles. The first-order chi connectivity index (χ1) is 19.2. The number of methoxy groups -OCH3 is 2. The van der Waals surface area contributed by atoms with Gasteiger partial charge in [-0.1, -0.05) is 42.5 Å². The summed E-state index contributed by atoms with van der Waals surface area (Å²) in [4.78, 5) is 18.5. The van der Waals surface area contributed by atoms with Gasteiger partial charge < -0.3 is 29.4 Å². The Labute approximate surface area is 228 Å². The van der Waals surface area contributed by atoms with E-state index in [0.29, 0.717) is 36.1 Å². The van der Waals surface area contributed by atoms with E-state index in [0.717, 1.165) is 42.6 Å². The van der Waals surface area contributed by atoms with Gasteiger partial charge in [0.2, 0.25) is 0 Å². The molecule has 1 atom stereocenters. The van der Waals surface area contributed by atoms with Gasteiger partial charge in [-0.25, -0.2) is 4.98 Å². The average molecular weight is 527 g/mol. The Bertz CT molecular complexity index is 1450. The maximum atomic E-state index is 13.7. The molecule has 0 radical (unpaired) electrons. The molecule has 2 N–H and O–H groups in total. The van der Waals surface area contributed by atoms with Crippen LogP contribution in [0.4, 0.5) is 5.82 Å². The van der Waals surface area contributed by atoms with E-state index in [9.17, 15) is 4.79 Å². The number of hydrogen-bond acceptors (Lipinski definition) is 7. The summed E-state index contributed by atoms with van der Waals surface area (Å²) in [5.41, 5.74) is 3.32. The third-order valence-corrected chi connectivity index (χ3v) is 6.94. The van der Waals surface area contributed by atoms with Crippen LogP contribution in [0.2, 0.25) is 0 Å². The van der Waals surface area contributed by atoms with Crippen LogP contribution in [0, 0.1) is 0 Å². The first kappa shape index (κ1) is 26.3. The van der Waals surface area contributed by atoms with E-state index in [1.165, 1.54) is 0 Å². The fraction of sp³-hybridized carbons (Fsp3) is 0.290. The van der Waals surface area contributed by atoms with Crippen molar-refractivity contribution in [2.24, 2.45) is 0 Å². The minimum Gasteiger partial charge on any atom is -0.497 e. The predicted molar refractivity (Wildman–Crippen MR) is 153 cm³/mol. The highest BCUT2D eigenvalue weighted by Gasteiger charge is 2.21. The number of aromatic nitrogens is 2. The van der Waals surface area contributed by atoms with E-state index >= 15 is 0 Å². The molecule has 39 heavy (non-hydrogen) atoms. The number of ether oxygens (including phenoxy) is 3. The van der Waals surface area contributed by atoms with Crippen molar-refractivity contribution in [1.82, 2.24) is 14.9 Å². The summed E-state index contributed by atoms with van der Waals surface area (Å²) in [7, 11) is 3.23. The standard InChI is InChI=1S/C31H34N4O4/c1-37-25-15-14-23(29(17-25)38-2)18-33-30-31(36)35(24-11-8-16-32-19-24)20-27(34-30)26-12-6-7-13-28(26)39-21-22-9-4-3-5-10-22/h3-7,9-10,12-15,17,20,24,32H,8,11,16,18-19,21H2,1-2H3,(H,33,34). The minimum atomic E-state index is -0.150. The predicted octanol–water partition coefficient (Wildman–Crippen LogP) is 5.04. The van der Waals surface area contributed by atoms with Gasteiger partial charge in [0, 0.05) is 42.5 Å². The zero-order valence-electron chi connectivity index (χ0n) is 22.4. The summed E-state index contributed by atoms with van der Waals surface area (Å²) in [6.07, 6.45) is 3.80. The van der Waals surface area contributed by atoms with Crippen LogP contribution in [0.3, 0.4) is 0 Å². The number of hydrogen-bond donors (Lipinski definition) is 2. The second kappa shape index (κ2) is 12.5. The van der Waals surface area contributed by atoms with Gasteiger partial charge in [0.05, 0.1) is 19.9 Å². The Kier molecular flexibility index (Phi) is 8.43. The van der Waals surface area contributed by atoms with Crippen molar-refractivity contribution in [3.63, 3.8) is 0 Å². The molecular formula is C31H34N4O4. The van der Waals surface area contributed by atoms with E-state index in [1.54, 1.807) is 14.2 Å². The zero-order chi connectivity index (χ0) is 27.0. The molecule has 1 aliphatic rings. The van der Waals surface area contributed by atoms with Gasteiger partial charge in [-0.05, 0) is 49.2 Å². The third-order valence-electron chi connectivity index (χ3n) is 6.94. The maximum Gasteiger partial charge on any atom is 0.293 e. The number of anilines is 1. The lowest BCUT2D eigenvalue weighted by atomic mass is 10.1. The van der Waals surface area contributed by atoms with Crippen LogP contribution in [0.15, 0.2) is 83.8 Å². The Balaban J connectivity index is 1.49. The van der Waals surface area contributed by atoms with E-state index in [2.05, 4.69) is 10.6 Å². The van der Waals surface area contributed by atoms with Crippen molar-refractivity contribution in [1.29, 1.82) is 0 Å². The van der Waals surface area contributed by atoms with Crippen LogP contribution in [-0.2, 0) is 13.2 Å². The van der Waals surface area contributed by atoms with Crippen LogP contribution in [0.1, 0.15) is 30.0 Å². The number of rotatable bonds is 10. The fourth-order valence-electron chi connectivity index (χ4n) is 4.81. The van der Waals surface area contributed by atoms with Crippen LogP contribution >= 0.6 is 0 Å². The van der Waals surface area contributed by atoms with Crippen molar-refractivity contribution in [3.05, 3.63) is 100 Å². The Morgan fingerprint density at radius 3 is 2.59 bits per heavy atom. The van der Waals surface area contributed by atoms with E-state index in [1.807, 2.05) is 83.6 Å². The number of piperidine rings is 1. The van der Waals surface area contributed by atoms with Gasteiger partial charge in [0.15, 0.2) is 5.82 Å². The Morgan fingerprint density at radius 1 is 1.00 bits per heavy atom. The van der Waals surface area contributed by atoms with E-state index < -0.39 is 0 Å². The number of benzene rings is 3. The average Bonchev–Trinajstić information content (AvgIpc) is 3.00. The smallest absolute Gasteiger partial charge is 0.293 e. The van der Waals surface area contributed by atoms with Crippen molar-refractivity contribution >= 4 is 5.82 Å². The van der Waals surface area contributed by atoms with Gasteiger partial charge in [-0.15, -0.1) is 0 Å². The van der Waals surface area contributed by atoms with Gasteiger partial charge in [0.25, 0.3) is 5.56 Å². The lowest BCUT2D eigenvalue weighted by Crippen LogP contribution is -2.37. The first-order valence-electron chi connectivity index (χ1n) is 13.2. The molecule has 2 heterocycles. The molecule has 1 unspecified atom stereocenters. The fourth-order valence-corrected chi connectivity index (χ4v) is 4.81. The number of nitrogens with one attached hydrogen (secondary N) is 2. The molecule has 1 fully saturated rings. The maximum absolute atomic E-state index is 13.7. The highest BCUT2D eigenvalue weighted by Crippen LogP contribution is 2.31. The lowest BCUT2D eigenvalue weighted by molar-refractivity contribution is 0.307. The van der Waals surface area contributed by atoms with Crippen molar-refractivity contribution < 1.29 is 14.2 Å². The summed E-state index contributed by atoms with van der Waals surface area (Å²) >= 11 is 0. The van der Waals surface area contributed by atoms with Crippen LogP contribution in [-0.4, -0.2) is 36.9 Å². The molecule has 8 nitrogen and oxygen atoms in total. The molecule has 4 aromatic rings. The molecule has 1 aromatic heterocycles. The van der Waals surface area contributed by atoms with Gasteiger partial charge >= 0.3 is 0 Å². The number of nitrogens with zero attached hydrogens (tertiary/aromatic N) is 2. The van der Waals surface area contributed by atoms with Crippen molar-refractivity contribution in [2.45, 2.75) is 32.0 Å². The third kappa shape index (κ3) is 6.23. The summed E-state index contributed by atoms with van der Waals surface area (Å²) in [6.45, 7) is 2.50. The van der Waals surface area contributed by atoms with Gasteiger partial charge in [-0.2, -0.15) is 0 Å².